The average Bonchev–Trinajstić information content (AvgIpc) is 2.03. The average molecular weight is 156 g/mol. The number of rotatable bonds is 1. The Labute approximate surface area is 64.7 Å². The molecule has 0 fully saturated rings. The molecule has 0 saturated heterocycles. The number of hydrogen-bond acceptors (Lipinski definition) is 2. The Morgan fingerprint density at radius 2 is 2.55 bits per heavy atom. The van der Waals surface area contributed by atoms with Crippen molar-refractivity contribution in [3.8, 4) is 0 Å². The third-order valence-electron chi connectivity index (χ3n) is 1.22. The highest BCUT2D eigenvalue weighted by molar-refractivity contribution is 5.93. The highest BCUT2D eigenvalue weighted by Gasteiger charge is 2.02. The van der Waals surface area contributed by atoms with Crippen molar-refractivity contribution in [2.45, 2.75) is 0 Å². The lowest BCUT2D eigenvalue weighted by molar-refractivity contribution is 0.0962. The van der Waals surface area contributed by atoms with E-state index >= 15 is 0 Å². The van der Waals surface area contributed by atoms with E-state index in [1.165, 1.54) is 19.3 Å². The monoisotopic (exact) mass is 156 g/mol. The Hall–Kier alpha value is -1.45. The van der Waals surface area contributed by atoms with Gasteiger partial charge in [-0.2, -0.15) is 4.39 Å². The van der Waals surface area contributed by atoms with E-state index in [9.17, 15) is 9.18 Å². The second kappa shape index (κ2) is 3.09. The van der Waals surface area contributed by atoms with Crippen LogP contribution in [0.1, 0.15) is 11.8 Å². The van der Waals surface area contributed by atoms with Crippen molar-refractivity contribution in [3.63, 3.8) is 0 Å². The number of amides is 1. The maximum atomic E-state index is 12.4. The Bertz CT molecular complexity index is 280. The molecular formula is C7H9FN2O. The van der Waals surface area contributed by atoms with Crippen LogP contribution in [0.15, 0.2) is 18.3 Å². The lowest BCUT2D eigenvalue weighted by Gasteiger charge is -1.96. The fraction of sp³-hybridized carbons (Fsp3) is 0.143. The van der Waals surface area contributed by atoms with Gasteiger partial charge >= 0.3 is 0 Å². The number of pyridine rings is 1. The van der Waals surface area contributed by atoms with E-state index in [1.807, 2.05) is 0 Å². The van der Waals surface area contributed by atoms with Gasteiger partial charge in [-0.15, -0.1) is 0 Å². The molecule has 1 aromatic heterocycles. The van der Waals surface area contributed by atoms with E-state index < -0.39 is 5.95 Å². The molecule has 0 aromatic carbocycles. The summed E-state index contributed by atoms with van der Waals surface area (Å²) >= 11 is 0. The standard InChI is InChI=1S/C7H7FN2O.H2/c1-9-7(11)5-2-3-10-6(8)4-5;/h2-4H,1H3,(H,9,11);1H. The molecule has 0 radical (unpaired) electrons. The Morgan fingerprint density at radius 3 is 3.09 bits per heavy atom. The minimum atomic E-state index is -0.647. The number of halogens is 1. The van der Waals surface area contributed by atoms with E-state index in [0.29, 0.717) is 0 Å². The van der Waals surface area contributed by atoms with E-state index in [4.69, 9.17) is 0 Å². The molecule has 4 heteroatoms. The van der Waals surface area contributed by atoms with Crippen LogP contribution < -0.4 is 5.32 Å². The highest BCUT2D eigenvalue weighted by Crippen LogP contribution is 1.98. The largest absolute Gasteiger partial charge is 0.355 e. The summed E-state index contributed by atoms with van der Waals surface area (Å²) in [6.45, 7) is 0. The zero-order valence-electron chi connectivity index (χ0n) is 5.97. The summed E-state index contributed by atoms with van der Waals surface area (Å²) < 4.78 is 12.4. The van der Waals surface area contributed by atoms with Crippen LogP contribution in [0, 0.1) is 5.95 Å². The van der Waals surface area contributed by atoms with E-state index in [0.717, 1.165) is 6.07 Å². The first-order chi connectivity index (χ1) is 5.24. The van der Waals surface area contributed by atoms with E-state index in [2.05, 4.69) is 10.3 Å². The van der Waals surface area contributed by atoms with Gasteiger partial charge in [0.2, 0.25) is 5.95 Å². The van der Waals surface area contributed by atoms with Crippen LogP contribution in [0.25, 0.3) is 0 Å². The summed E-state index contributed by atoms with van der Waals surface area (Å²) in [6, 6.07) is 2.53. The maximum Gasteiger partial charge on any atom is 0.251 e. The number of carbonyl (C=O) groups is 1. The van der Waals surface area contributed by atoms with Crippen LogP contribution in [0.5, 0.6) is 0 Å². The van der Waals surface area contributed by atoms with E-state index in [1.54, 1.807) is 0 Å². The summed E-state index contributed by atoms with van der Waals surface area (Å²) in [6.07, 6.45) is 1.25. The minimum absolute atomic E-state index is 0. The molecule has 3 nitrogen and oxygen atoms in total. The van der Waals surface area contributed by atoms with Crippen LogP contribution in [0.3, 0.4) is 0 Å². The van der Waals surface area contributed by atoms with Crippen LogP contribution in [-0.2, 0) is 0 Å². The normalized spacial score (nSPS) is 9.27. The predicted molar refractivity (Wildman–Crippen MR) is 39.7 cm³/mol. The number of aromatic nitrogens is 1. The molecule has 1 aromatic rings. The molecule has 1 rings (SSSR count). The third kappa shape index (κ3) is 1.73. The first-order valence-corrected chi connectivity index (χ1v) is 3.07. The molecule has 0 spiro atoms. The molecule has 0 aliphatic rings. The SMILES string of the molecule is CNC(=O)c1ccnc(F)c1.[HH]. The number of nitrogens with one attached hydrogen (secondary N) is 1. The first kappa shape index (κ1) is 7.65. The second-order valence-electron chi connectivity index (χ2n) is 1.95. The second-order valence-corrected chi connectivity index (χ2v) is 1.95. The van der Waals surface area contributed by atoms with E-state index in [-0.39, 0.29) is 12.9 Å². The summed E-state index contributed by atoms with van der Waals surface area (Å²) in [5.74, 6) is -0.961. The van der Waals surface area contributed by atoms with Crippen molar-refractivity contribution < 1.29 is 10.6 Å². The molecule has 0 atom stereocenters. The number of hydrogen-bond donors (Lipinski definition) is 1. The van der Waals surface area contributed by atoms with Gasteiger partial charge in [-0.3, -0.25) is 4.79 Å². The van der Waals surface area contributed by atoms with Gasteiger partial charge in [0.25, 0.3) is 5.91 Å². The zero-order chi connectivity index (χ0) is 8.27. The maximum absolute atomic E-state index is 12.4. The van der Waals surface area contributed by atoms with Crippen molar-refractivity contribution in [2.75, 3.05) is 7.05 Å². The minimum Gasteiger partial charge on any atom is -0.355 e. The number of carbonyl (C=O) groups excluding carboxylic acids is 1. The molecule has 0 unspecified atom stereocenters. The molecule has 1 heterocycles. The van der Waals surface area contributed by atoms with Crippen molar-refractivity contribution in [2.24, 2.45) is 0 Å². The molecule has 60 valence electrons. The molecule has 11 heavy (non-hydrogen) atoms. The lowest BCUT2D eigenvalue weighted by Crippen LogP contribution is -2.17. The smallest absolute Gasteiger partial charge is 0.251 e. The first-order valence-electron chi connectivity index (χ1n) is 3.07. The Balaban J connectivity index is 0.00000121. The van der Waals surface area contributed by atoms with Crippen LogP contribution in [0.4, 0.5) is 4.39 Å². The molecule has 0 bridgehead atoms. The van der Waals surface area contributed by atoms with Crippen LogP contribution in [0.2, 0.25) is 0 Å². The van der Waals surface area contributed by atoms with Crippen molar-refractivity contribution in [1.29, 1.82) is 0 Å². The molecule has 1 N–H and O–H groups in total. The molecular weight excluding hydrogens is 147 g/mol. The fourth-order valence-electron chi connectivity index (χ4n) is 0.688. The fourth-order valence-corrected chi connectivity index (χ4v) is 0.688. The van der Waals surface area contributed by atoms with Gasteiger partial charge in [-0.05, 0) is 6.07 Å². The van der Waals surface area contributed by atoms with Crippen LogP contribution >= 0.6 is 0 Å². The lowest BCUT2D eigenvalue weighted by atomic mass is 10.2. The third-order valence-corrected chi connectivity index (χ3v) is 1.22. The van der Waals surface area contributed by atoms with Gasteiger partial charge in [-0.1, -0.05) is 0 Å². The molecule has 1 amide bonds. The molecule has 0 saturated carbocycles. The zero-order valence-corrected chi connectivity index (χ0v) is 5.97. The van der Waals surface area contributed by atoms with Crippen molar-refractivity contribution in [3.05, 3.63) is 29.8 Å². The van der Waals surface area contributed by atoms with Crippen LogP contribution in [-0.4, -0.2) is 17.9 Å². The summed E-state index contributed by atoms with van der Waals surface area (Å²) in [5.41, 5.74) is 0.278. The summed E-state index contributed by atoms with van der Waals surface area (Å²) in [4.78, 5) is 14.2. The quantitative estimate of drug-likeness (QED) is 0.612. The van der Waals surface area contributed by atoms with Crippen molar-refractivity contribution >= 4 is 5.91 Å². The summed E-state index contributed by atoms with van der Waals surface area (Å²) in [5, 5.41) is 2.38. The topological polar surface area (TPSA) is 42.0 Å². The summed E-state index contributed by atoms with van der Waals surface area (Å²) in [7, 11) is 1.49. The van der Waals surface area contributed by atoms with Crippen molar-refractivity contribution in [1.82, 2.24) is 10.3 Å². The Kier molecular flexibility index (Phi) is 2.15. The predicted octanol–water partition coefficient (Wildman–Crippen LogP) is 0.826. The molecule has 0 aliphatic heterocycles. The van der Waals surface area contributed by atoms with Gasteiger partial charge in [-0.25, -0.2) is 4.98 Å². The highest BCUT2D eigenvalue weighted by atomic mass is 19.1. The Morgan fingerprint density at radius 1 is 1.82 bits per heavy atom. The number of nitrogens with zero attached hydrogens (tertiary/aromatic N) is 1. The van der Waals surface area contributed by atoms with Gasteiger partial charge in [0.15, 0.2) is 0 Å². The van der Waals surface area contributed by atoms with Gasteiger partial charge in [0.05, 0.1) is 0 Å². The van der Waals surface area contributed by atoms with Gasteiger partial charge in [0.1, 0.15) is 0 Å². The van der Waals surface area contributed by atoms with Gasteiger partial charge in [0, 0.05) is 26.3 Å². The molecule has 0 aliphatic carbocycles. The van der Waals surface area contributed by atoms with Gasteiger partial charge < -0.3 is 5.32 Å².